The molecule has 0 fully saturated rings. The summed E-state index contributed by atoms with van der Waals surface area (Å²) in [6, 6.07) is 7.70. The number of ether oxygens (including phenoxy) is 1. The van der Waals surface area contributed by atoms with Gasteiger partial charge in [-0.25, -0.2) is 9.78 Å². The van der Waals surface area contributed by atoms with Crippen molar-refractivity contribution in [1.29, 1.82) is 0 Å². The molecule has 102 valence electrons. The van der Waals surface area contributed by atoms with Crippen molar-refractivity contribution in [1.82, 2.24) is 15.0 Å². The number of oxazole rings is 1. The number of rotatable bonds is 4. The molecule has 0 aliphatic rings. The Morgan fingerprint density at radius 2 is 2.25 bits per heavy atom. The number of H-pyrrole nitrogens is 1. The van der Waals surface area contributed by atoms with E-state index in [0.29, 0.717) is 17.0 Å². The molecule has 0 spiro atoms. The van der Waals surface area contributed by atoms with E-state index < -0.39 is 5.97 Å². The van der Waals surface area contributed by atoms with Crippen LogP contribution in [0.5, 0.6) is 0 Å². The van der Waals surface area contributed by atoms with Gasteiger partial charge in [-0.1, -0.05) is 12.1 Å². The molecular weight excluding hydrogens is 278 g/mol. The minimum Gasteiger partial charge on any atom is -0.461 e. The predicted molar refractivity (Wildman–Crippen MR) is 72.7 cm³/mol. The van der Waals surface area contributed by atoms with Gasteiger partial charge in [0.1, 0.15) is 6.26 Å². The standard InChI is InChI=1S/C13H11N3O3S/c1-2-18-11(17)10-7-19-13(16-10)20-12-14-8-5-3-4-6-9(8)15-12/h3-7H,2H2,1H3,(H,14,15). The summed E-state index contributed by atoms with van der Waals surface area (Å²) in [6.45, 7) is 2.04. The second-order valence-corrected chi connectivity index (χ2v) is 4.82. The van der Waals surface area contributed by atoms with Crippen molar-refractivity contribution in [3.8, 4) is 0 Å². The molecule has 3 rings (SSSR count). The largest absolute Gasteiger partial charge is 0.461 e. The zero-order chi connectivity index (χ0) is 13.9. The van der Waals surface area contributed by atoms with Crippen molar-refractivity contribution >= 4 is 28.8 Å². The molecule has 0 aliphatic carbocycles. The first-order chi connectivity index (χ1) is 9.76. The maximum atomic E-state index is 11.5. The van der Waals surface area contributed by atoms with Crippen molar-refractivity contribution in [2.75, 3.05) is 6.61 Å². The molecule has 2 aromatic heterocycles. The van der Waals surface area contributed by atoms with Gasteiger partial charge in [0.15, 0.2) is 10.9 Å². The number of hydrogen-bond acceptors (Lipinski definition) is 6. The van der Waals surface area contributed by atoms with Crippen LogP contribution in [0.2, 0.25) is 0 Å². The van der Waals surface area contributed by atoms with Gasteiger partial charge in [0.05, 0.1) is 17.6 Å². The molecule has 0 atom stereocenters. The molecule has 1 aromatic carbocycles. The summed E-state index contributed by atoms with van der Waals surface area (Å²) in [5, 5.41) is 0.996. The second-order valence-electron chi connectivity index (χ2n) is 3.88. The van der Waals surface area contributed by atoms with Crippen LogP contribution in [0, 0.1) is 0 Å². The number of para-hydroxylation sites is 2. The summed E-state index contributed by atoms with van der Waals surface area (Å²) in [5.41, 5.74) is 1.96. The van der Waals surface area contributed by atoms with Gasteiger partial charge < -0.3 is 14.1 Å². The Balaban J connectivity index is 1.79. The highest BCUT2D eigenvalue weighted by atomic mass is 32.2. The maximum Gasteiger partial charge on any atom is 0.360 e. The number of nitrogens with one attached hydrogen (secondary N) is 1. The van der Waals surface area contributed by atoms with Gasteiger partial charge in [0.2, 0.25) is 0 Å². The van der Waals surface area contributed by atoms with E-state index in [9.17, 15) is 4.79 Å². The molecule has 0 bridgehead atoms. The molecule has 1 N–H and O–H groups in total. The van der Waals surface area contributed by atoms with E-state index in [2.05, 4.69) is 15.0 Å². The molecule has 0 unspecified atom stereocenters. The maximum absolute atomic E-state index is 11.5. The first-order valence-electron chi connectivity index (χ1n) is 6.01. The third kappa shape index (κ3) is 2.53. The first-order valence-corrected chi connectivity index (χ1v) is 6.83. The molecular formula is C13H11N3O3S. The molecule has 3 aromatic rings. The summed E-state index contributed by atoms with van der Waals surface area (Å²) < 4.78 is 10.1. The van der Waals surface area contributed by atoms with Crippen molar-refractivity contribution in [3.63, 3.8) is 0 Å². The summed E-state index contributed by atoms with van der Waals surface area (Å²) in [6.07, 6.45) is 1.28. The number of imidazole rings is 1. The number of hydrogen-bond donors (Lipinski definition) is 1. The van der Waals surface area contributed by atoms with E-state index in [0.717, 1.165) is 11.0 Å². The van der Waals surface area contributed by atoms with Gasteiger partial charge in [-0.15, -0.1) is 0 Å². The van der Waals surface area contributed by atoms with Crippen LogP contribution in [0.15, 0.2) is 45.3 Å². The van der Waals surface area contributed by atoms with Crippen LogP contribution in [0.3, 0.4) is 0 Å². The van der Waals surface area contributed by atoms with Crippen LogP contribution in [-0.2, 0) is 4.74 Å². The predicted octanol–water partition coefficient (Wildman–Crippen LogP) is 2.88. The summed E-state index contributed by atoms with van der Waals surface area (Å²) in [5.74, 6) is -0.493. The first kappa shape index (κ1) is 12.7. The topological polar surface area (TPSA) is 81.0 Å². The van der Waals surface area contributed by atoms with E-state index >= 15 is 0 Å². The van der Waals surface area contributed by atoms with Gasteiger partial charge in [0.25, 0.3) is 5.22 Å². The Hall–Kier alpha value is -2.28. The number of aromatic nitrogens is 3. The van der Waals surface area contributed by atoms with Gasteiger partial charge in [-0.05, 0) is 19.1 Å². The van der Waals surface area contributed by atoms with E-state index in [-0.39, 0.29) is 5.69 Å². The summed E-state index contributed by atoms with van der Waals surface area (Å²) in [7, 11) is 0. The van der Waals surface area contributed by atoms with E-state index in [1.165, 1.54) is 18.0 Å². The molecule has 0 radical (unpaired) electrons. The van der Waals surface area contributed by atoms with Gasteiger partial charge in [-0.2, -0.15) is 4.98 Å². The molecule has 7 heteroatoms. The summed E-state index contributed by atoms with van der Waals surface area (Å²) >= 11 is 1.22. The molecule has 0 amide bonds. The van der Waals surface area contributed by atoms with Crippen molar-refractivity contribution < 1.29 is 13.9 Å². The van der Waals surface area contributed by atoms with E-state index in [1.54, 1.807) is 6.92 Å². The van der Waals surface area contributed by atoms with Crippen molar-refractivity contribution in [2.45, 2.75) is 17.3 Å². The zero-order valence-electron chi connectivity index (χ0n) is 10.6. The summed E-state index contributed by atoms with van der Waals surface area (Å²) in [4.78, 5) is 23.1. The highest BCUT2D eigenvalue weighted by molar-refractivity contribution is 7.98. The SMILES string of the molecule is CCOC(=O)c1coc(Sc2nc3ccccc3[nH]2)n1. The number of nitrogens with zero attached hydrogens (tertiary/aromatic N) is 2. The number of esters is 1. The third-order valence-electron chi connectivity index (χ3n) is 2.52. The van der Waals surface area contributed by atoms with Crippen molar-refractivity contribution in [2.24, 2.45) is 0 Å². The third-order valence-corrected chi connectivity index (χ3v) is 3.27. The fourth-order valence-electron chi connectivity index (χ4n) is 1.66. The van der Waals surface area contributed by atoms with Crippen LogP contribution >= 0.6 is 11.8 Å². The molecule has 6 nitrogen and oxygen atoms in total. The Labute approximate surface area is 118 Å². The minimum absolute atomic E-state index is 0.158. The molecule has 0 aliphatic heterocycles. The number of carbonyl (C=O) groups is 1. The normalized spacial score (nSPS) is 10.8. The van der Waals surface area contributed by atoms with Gasteiger partial charge in [-0.3, -0.25) is 0 Å². The average Bonchev–Trinajstić information content (AvgIpc) is 3.05. The Morgan fingerprint density at radius 3 is 3.05 bits per heavy atom. The fraction of sp³-hybridized carbons (Fsp3) is 0.154. The average molecular weight is 289 g/mol. The molecule has 0 saturated heterocycles. The fourth-order valence-corrected chi connectivity index (χ4v) is 2.37. The lowest BCUT2D eigenvalue weighted by atomic mass is 10.3. The monoisotopic (exact) mass is 289 g/mol. The zero-order valence-corrected chi connectivity index (χ0v) is 11.4. The van der Waals surface area contributed by atoms with Crippen LogP contribution in [0.4, 0.5) is 0 Å². The highest BCUT2D eigenvalue weighted by Crippen LogP contribution is 2.26. The van der Waals surface area contributed by atoms with Crippen molar-refractivity contribution in [3.05, 3.63) is 36.2 Å². The van der Waals surface area contributed by atoms with Crippen LogP contribution in [0.25, 0.3) is 11.0 Å². The smallest absolute Gasteiger partial charge is 0.360 e. The van der Waals surface area contributed by atoms with Gasteiger partial charge >= 0.3 is 5.97 Å². The molecule has 0 saturated carbocycles. The second kappa shape index (κ2) is 5.38. The number of aromatic amines is 1. The van der Waals surface area contributed by atoms with E-state index in [1.807, 2.05) is 24.3 Å². The quantitative estimate of drug-likeness (QED) is 0.744. The lowest BCUT2D eigenvalue weighted by Crippen LogP contribution is -2.04. The number of fused-ring (bicyclic) bond motifs is 1. The van der Waals surface area contributed by atoms with Crippen LogP contribution < -0.4 is 0 Å². The van der Waals surface area contributed by atoms with E-state index in [4.69, 9.17) is 9.15 Å². The number of benzene rings is 1. The Bertz CT molecular complexity index is 717. The minimum atomic E-state index is -0.493. The van der Waals surface area contributed by atoms with Gasteiger partial charge in [0, 0.05) is 11.8 Å². The number of carbonyl (C=O) groups excluding carboxylic acids is 1. The molecule has 20 heavy (non-hydrogen) atoms. The highest BCUT2D eigenvalue weighted by Gasteiger charge is 2.15. The molecule has 2 heterocycles. The Kier molecular flexibility index (Phi) is 3.42. The van der Waals surface area contributed by atoms with Crippen LogP contribution in [0.1, 0.15) is 17.4 Å². The lowest BCUT2D eigenvalue weighted by Gasteiger charge is -1.94. The Morgan fingerprint density at radius 1 is 1.40 bits per heavy atom. The van der Waals surface area contributed by atoms with Crippen LogP contribution in [-0.4, -0.2) is 27.5 Å². The lowest BCUT2D eigenvalue weighted by molar-refractivity contribution is 0.0519.